The second-order valence-corrected chi connectivity index (χ2v) is 10.1. The minimum absolute atomic E-state index is 0.113. The Kier molecular flexibility index (Phi) is 8.51. The number of hydrogen-bond acceptors (Lipinski definition) is 4. The number of halogens is 1. The largest absolute Gasteiger partial charge is 0.493 e. The van der Waals surface area contributed by atoms with Crippen LogP contribution in [-0.2, 0) is 0 Å². The number of amides is 1. The lowest BCUT2D eigenvalue weighted by molar-refractivity contribution is 0.0101. The molecule has 34 heavy (non-hydrogen) atoms. The van der Waals surface area contributed by atoms with E-state index in [2.05, 4.69) is 36.2 Å². The van der Waals surface area contributed by atoms with Gasteiger partial charge in [0.1, 0.15) is 5.75 Å². The summed E-state index contributed by atoms with van der Waals surface area (Å²) >= 11 is 6.00. The van der Waals surface area contributed by atoms with Gasteiger partial charge in [-0.1, -0.05) is 17.7 Å². The van der Waals surface area contributed by atoms with Gasteiger partial charge in [-0.25, -0.2) is 0 Å². The van der Waals surface area contributed by atoms with Gasteiger partial charge < -0.3 is 15.0 Å². The van der Waals surface area contributed by atoms with Crippen molar-refractivity contribution in [2.24, 2.45) is 0 Å². The lowest BCUT2D eigenvalue weighted by atomic mass is 9.86. The summed E-state index contributed by atoms with van der Waals surface area (Å²) in [5.74, 6) is 1.12. The van der Waals surface area contributed by atoms with E-state index < -0.39 is 0 Å². The zero-order valence-electron chi connectivity index (χ0n) is 20.8. The molecule has 0 spiro atoms. The molecule has 2 aromatic rings. The molecule has 0 aliphatic carbocycles. The summed E-state index contributed by atoms with van der Waals surface area (Å²) in [6, 6.07) is 12.5. The smallest absolute Gasteiger partial charge is 0.253 e. The highest BCUT2D eigenvalue weighted by molar-refractivity contribution is 6.30. The zero-order chi connectivity index (χ0) is 24.1. The Hall–Kier alpha value is -2.08. The van der Waals surface area contributed by atoms with Crippen LogP contribution in [0.5, 0.6) is 5.75 Å². The highest BCUT2D eigenvalue weighted by Crippen LogP contribution is 2.39. The van der Waals surface area contributed by atoms with E-state index in [0.29, 0.717) is 17.1 Å². The molecule has 2 aliphatic rings. The molecule has 6 heteroatoms. The number of carbonyl (C=O) groups is 1. The van der Waals surface area contributed by atoms with E-state index in [1.165, 1.54) is 29.5 Å². The molecule has 2 atom stereocenters. The van der Waals surface area contributed by atoms with Gasteiger partial charge in [0.2, 0.25) is 0 Å². The first-order valence-electron chi connectivity index (χ1n) is 12.7. The maximum atomic E-state index is 13.1. The number of ether oxygens (including phenoxy) is 1. The predicted octanol–water partition coefficient (Wildman–Crippen LogP) is 5.39. The van der Waals surface area contributed by atoms with Crippen LogP contribution in [0.3, 0.4) is 0 Å². The van der Waals surface area contributed by atoms with E-state index in [9.17, 15) is 4.79 Å². The van der Waals surface area contributed by atoms with Gasteiger partial charge in [0, 0.05) is 42.3 Å². The van der Waals surface area contributed by atoms with Crippen LogP contribution in [0.15, 0.2) is 36.4 Å². The molecule has 1 unspecified atom stereocenters. The first-order chi connectivity index (χ1) is 16.5. The SMILES string of the molecule is CNCCCCOc1ccc(C2CCC[C@H]3CN(C(=O)c4ccc(Cl)cc4)CCN23)c(C)c1C. The topological polar surface area (TPSA) is 44.8 Å². The first-order valence-corrected chi connectivity index (χ1v) is 13.1. The molecule has 2 aliphatic heterocycles. The minimum atomic E-state index is 0.113. The summed E-state index contributed by atoms with van der Waals surface area (Å²) in [6.45, 7) is 8.69. The van der Waals surface area contributed by atoms with Crippen LogP contribution in [0.2, 0.25) is 5.02 Å². The number of unbranched alkanes of at least 4 members (excludes halogenated alkanes) is 1. The summed E-state index contributed by atoms with van der Waals surface area (Å²) in [6.07, 6.45) is 5.70. The Labute approximate surface area is 209 Å². The Bertz CT molecular complexity index is 978. The van der Waals surface area contributed by atoms with Crippen LogP contribution in [0, 0.1) is 13.8 Å². The fourth-order valence-electron chi connectivity index (χ4n) is 5.46. The van der Waals surface area contributed by atoms with Crippen molar-refractivity contribution in [3.05, 3.63) is 63.7 Å². The molecule has 184 valence electrons. The number of carbonyl (C=O) groups excluding carboxylic acids is 1. The van der Waals surface area contributed by atoms with Gasteiger partial charge in [-0.2, -0.15) is 0 Å². The molecule has 4 rings (SSSR count). The summed E-state index contributed by atoms with van der Waals surface area (Å²) in [5.41, 5.74) is 4.74. The van der Waals surface area contributed by atoms with Crippen LogP contribution >= 0.6 is 11.6 Å². The predicted molar refractivity (Wildman–Crippen MR) is 139 cm³/mol. The standard InChI is InChI=1S/C28H38ClN3O2/c1-20-21(2)27(34-18-5-4-15-30-3)14-13-25(20)26-8-6-7-24-19-31(16-17-32(24)26)28(33)22-9-11-23(29)12-10-22/h9-14,24,26,30H,4-8,15-19H2,1-3H3/t24-,26?/m0/s1. The van der Waals surface area contributed by atoms with Crippen LogP contribution < -0.4 is 10.1 Å². The lowest BCUT2D eigenvalue weighted by Gasteiger charge is -2.48. The van der Waals surface area contributed by atoms with Gasteiger partial charge in [0.05, 0.1) is 6.61 Å². The number of fused-ring (bicyclic) bond motifs is 1. The van der Waals surface area contributed by atoms with Crippen LogP contribution in [0.1, 0.15) is 65.2 Å². The van der Waals surface area contributed by atoms with Crippen molar-refractivity contribution in [2.45, 2.75) is 58.0 Å². The van der Waals surface area contributed by atoms with Crippen molar-refractivity contribution >= 4 is 17.5 Å². The quantitative estimate of drug-likeness (QED) is 0.511. The van der Waals surface area contributed by atoms with Crippen molar-refractivity contribution in [1.29, 1.82) is 0 Å². The van der Waals surface area contributed by atoms with Gasteiger partial charge in [-0.15, -0.1) is 0 Å². The Morgan fingerprint density at radius 2 is 1.85 bits per heavy atom. The second kappa shape index (κ2) is 11.6. The molecule has 2 aromatic carbocycles. The summed E-state index contributed by atoms with van der Waals surface area (Å²) in [7, 11) is 1.99. The highest BCUT2D eigenvalue weighted by Gasteiger charge is 2.37. The number of rotatable bonds is 8. The Morgan fingerprint density at radius 3 is 2.62 bits per heavy atom. The van der Waals surface area contributed by atoms with Crippen molar-refractivity contribution in [1.82, 2.24) is 15.1 Å². The summed E-state index contributed by atoms with van der Waals surface area (Å²) in [4.78, 5) is 17.7. The molecule has 1 amide bonds. The number of benzene rings is 2. The average Bonchev–Trinajstić information content (AvgIpc) is 2.86. The maximum Gasteiger partial charge on any atom is 0.253 e. The molecule has 0 bridgehead atoms. The zero-order valence-corrected chi connectivity index (χ0v) is 21.5. The minimum Gasteiger partial charge on any atom is -0.493 e. The van der Waals surface area contributed by atoms with E-state index in [-0.39, 0.29) is 5.91 Å². The molecule has 5 nitrogen and oxygen atoms in total. The van der Waals surface area contributed by atoms with E-state index in [0.717, 1.165) is 63.4 Å². The molecule has 1 N–H and O–H groups in total. The van der Waals surface area contributed by atoms with Gasteiger partial charge in [-0.05, 0) is 107 Å². The van der Waals surface area contributed by atoms with Gasteiger partial charge >= 0.3 is 0 Å². The Balaban J connectivity index is 1.42. The average molecular weight is 484 g/mol. The van der Waals surface area contributed by atoms with Crippen LogP contribution in [-0.4, -0.2) is 61.6 Å². The Morgan fingerprint density at radius 1 is 1.06 bits per heavy atom. The monoisotopic (exact) mass is 483 g/mol. The number of nitrogens with one attached hydrogen (secondary N) is 1. The van der Waals surface area contributed by atoms with Crippen molar-refractivity contribution in [3.8, 4) is 5.75 Å². The third-order valence-electron chi connectivity index (χ3n) is 7.54. The molecule has 2 heterocycles. The fraction of sp³-hybridized carbons (Fsp3) is 0.536. The fourth-order valence-corrected chi connectivity index (χ4v) is 5.59. The van der Waals surface area contributed by atoms with E-state index >= 15 is 0 Å². The van der Waals surface area contributed by atoms with Gasteiger partial charge in [0.15, 0.2) is 0 Å². The first kappa shape index (κ1) is 25.0. The number of piperazine rings is 1. The van der Waals surface area contributed by atoms with Gasteiger partial charge in [0.25, 0.3) is 5.91 Å². The molecule has 0 saturated carbocycles. The molecular weight excluding hydrogens is 446 g/mol. The van der Waals surface area contributed by atoms with E-state index in [1.54, 1.807) is 12.1 Å². The van der Waals surface area contributed by atoms with E-state index in [4.69, 9.17) is 16.3 Å². The molecule has 2 fully saturated rings. The summed E-state index contributed by atoms with van der Waals surface area (Å²) < 4.78 is 6.11. The molecular formula is C28H38ClN3O2. The number of nitrogens with zero attached hydrogens (tertiary/aromatic N) is 2. The van der Waals surface area contributed by atoms with Crippen molar-refractivity contribution in [2.75, 3.05) is 39.8 Å². The summed E-state index contributed by atoms with van der Waals surface area (Å²) in [5, 5.41) is 3.85. The highest BCUT2D eigenvalue weighted by atomic mass is 35.5. The lowest BCUT2D eigenvalue weighted by Crippen LogP contribution is -2.57. The van der Waals surface area contributed by atoms with Crippen molar-refractivity contribution in [3.63, 3.8) is 0 Å². The third kappa shape index (κ3) is 5.59. The van der Waals surface area contributed by atoms with E-state index in [1.807, 2.05) is 24.1 Å². The molecule has 2 saturated heterocycles. The van der Waals surface area contributed by atoms with Crippen molar-refractivity contribution < 1.29 is 9.53 Å². The third-order valence-corrected chi connectivity index (χ3v) is 7.79. The van der Waals surface area contributed by atoms with Crippen LogP contribution in [0.4, 0.5) is 0 Å². The number of piperidine rings is 1. The molecule has 0 aromatic heterocycles. The second-order valence-electron chi connectivity index (χ2n) is 9.66. The van der Waals surface area contributed by atoms with Crippen LogP contribution in [0.25, 0.3) is 0 Å². The normalized spacial score (nSPS) is 20.8. The van der Waals surface area contributed by atoms with Gasteiger partial charge in [-0.3, -0.25) is 9.69 Å². The maximum absolute atomic E-state index is 13.1. The molecule has 0 radical (unpaired) electrons. The number of hydrogen-bond donors (Lipinski definition) is 1.